The molecule has 0 aliphatic carbocycles. The van der Waals surface area contributed by atoms with E-state index in [1.165, 1.54) is 6.07 Å². The summed E-state index contributed by atoms with van der Waals surface area (Å²) < 4.78 is 11.6. The lowest BCUT2D eigenvalue weighted by Gasteiger charge is -2.11. The summed E-state index contributed by atoms with van der Waals surface area (Å²) in [5.41, 5.74) is 1.05. The highest BCUT2D eigenvalue weighted by molar-refractivity contribution is 9.10. The van der Waals surface area contributed by atoms with Gasteiger partial charge >= 0.3 is 5.97 Å². The first kappa shape index (κ1) is 14.4. The minimum absolute atomic E-state index is 0.190. The van der Waals surface area contributed by atoms with Gasteiger partial charge in [-0.15, -0.1) is 0 Å². The van der Waals surface area contributed by atoms with Gasteiger partial charge in [0.25, 0.3) is 0 Å². The average molecular weight is 337 g/mol. The summed E-state index contributed by atoms with van der Waals surface area (Å²) in [5.74, 6) is 0.830. The zero-order chi connectivity index (χ0) is 14.7. The fourth-order valence-corrected chi connectivity index (χ4v) is 2.09. The number of hydrogen-bond donors (Lipinski definition) is 1. The maximum absolute atomic E-state index is 11.0. The standard InChI is InChI=1S/C15H13BrO4/c1-9-3-4-10(15(17)18)7-14(9)20-13-6-5-11(19-2)8-12(13)16/h3-8H,1-2H3,(H,17,18). The van der Waals surface area contributed by atoms with E-state index in [1.807, 2.05) is 6.92 Å². The predicted octanol–water partition coefficient (Wildman–Crippen LogP) is 4.26. The molecule has 0 radical (unpaired) electrons. The second-order valence-electron chi connectivity index (χ2n) is 4.18. The first-order valence-corrected chi connectivity index (χ1v) is 6.66. The molecule has 0 saturated carbocycles. The zero-order valence-electron chi connectivity index (χ0n) is 11.0. The van der Waals surface area contributed by atoms with Gasteiger partial charge in [0.2, 0.25) is 0 Å². The van der Waals surface area contributed by atoms with E-state index in [2.05, 4.69) is 15.9 Å². The molecule has 0 aliphatic rings. The monoisotopic (exact) mass is 336 g/mol. The van der Waals surface area contributed by atoms with E-state index < -0.39 is 5.97 Å². The number of rotatable bonds is 4. The van der Waals surface area contributed by atoms with Crippen molar-refractivity contribution in [2.75, 3.05) is 7.11 Å². The number of methoxy groups -OCH3 is 1. The molecule has 2 rings (SSSR count). The Morgan fingerprint density at radius 2 is 1.90 bits per heavy atom. The largest absolute Gasteiger partial charge is 0.497 e. The van der Waals surface area contributed by atoms with Crippen molar-refractivity contribution in [1.29, 1.82) is 0 Å². The van der Waals surface area contributed by atoms with Gasteiger partial charge in [-0.3, -0.25) is 0 Å². The topological polar surface area (TPSA) is 55.8 Å². The van der Waals surface area contributed by atoms with Gasteiger partial charge < -0.3 is 14.6 Å². The van der Waals surface area contributed by atoms with Crippen molar-refractivity contribution in [3.8, 4) is 17.2 Å². The molecular weight excluding hydrogens is 324 g/mol. The Morgan fingerprint density at radius 3 is 2.50 bits per heavy atom. The normalized spacial score (nSPS) is 10.2. The van der Waals surface area contributed by atoms with Crippen molar-refractivity contribution in [2.24, 2.45) is 0 Å². The Kier molecular flexibility index (Phi) is 4.29. The molecule has 0 spiro atoms. The van der Waals surface area contributed by atoms with Crippen molar-refractivity contribution in [3.63, 3.8) is 0 Å². The highest BCUT2D eigenvalue weighted by Crippen LogP contribution is 2.34. The van der Waals surface area contributed by atoms with E-state index in [4.69, 9.17) is 14.6 Å². The molecule has 1 N–H and O–H groups in total. The zero-order valence-corrected chi connectivity index (χ0v) is 12.6. The highest BCUT2D eigenvalue weighted by Gasteiger charge is 2.10. The number of hydrogen-bond acceptors (Lipinski definition) is 3. The van der Waals surface area contributed by atoms with Crippen LogP contribution in [0.2, 0.25) is 0 Å². The summed E-state index contributed by atoms with van der Waals surface area (Å²) in [6, 6.07) is 10.1. The van der Waals surface area contributed by atoms with Crippen molar-refractivity contribution >= 4 is 21.9 Å². The highest BCUT2D eigenvalue weighted by atomic mass is 79.9. The molecule has 20 heavy (non-hydrogen) atoms. The lowest BCUT2D eigenvalue weighted by Crippen LogP contribution is -1.98. The third kappa shape index (κ3) is 3.11. The second-order valence-corrected chi connectivity index (χ2v) is 5.04. The van der Waals surface area contributed by atoms with Gasteiger partial charge in [0.15, 0.2) is 0 Å². The number of benzene rings is 2. The van der Waals surface area contributed by atoms with Gasteiger partial charge in [-0.25, -0.2) is 4.79 Å². The molecule has 104 valence electrons. The van der Waals surface area contributed by atoms with Crippen LogP contribution in [0.4, 0.5) is 0 Å². The quantitative estimate of drug-likeness (QED) is 0.906. The Bertz CT molecular complexity index is 652. The van der Waals surface area contributed by atoms with Crippen LogP contribution in [0.1, 0.15) is 15.9 Å². The molecule has 5 heteroatoms. The van der Waals surface area contributed by atoms with Crippen LogP contribution in [0.25, 0.3) is 0 Å². The number of aryl methyl sites for hydroxylation is 1. The molecule has 0 heterocycles. The summed E-state index contributed by atoms with van der Waals surface area (Å²) in [6.45, 7) is 1.86. The smallest absolute Gasteiger partial charge is 0.335 e. The summed E-state index contributed by atoms with van der Waals surface area (Å²) in [5, 5.41) is 9.01. The van der Waals surface area contributed by atoms with E-state index in [1.54, 1.807) is 37.4 Å². The molecular formula is C15H13BrO4. The Labute approximate surface area is 125 Å². The molecule has 0 bridgehead atoms. The minimum atomic E-state index is -0.983. The molecule has 2 aromatic rings. The Morgan fingerprint density at radius 1 is 1.15 bits per heavy atom. The third-order valence-electron chi connectivity index (χ3n) is 2.79. The molecule has 0 unspecified atom stereocenters. The first-order chi connectivity index (χ1) is 9.51. The summed E-state index contributed by atoms with van der Waals surface area (Å²) in [4.78, 5) is 11.0. The lowest BCUT2D eigenvalue weighted by atomic mass is 10.1. The predicted molar refractivity (Wildman–Crippen MR) is 78.9 cm³/mol. The summed E-state index contributed by atoms with van der Waals surface area (Å²) in [6.07, 6.45) is 0. The number of ether oxygens (including phenoxy) is 2. The Hall–Kier alpha value is -2.01. The second kappa shape index (κ2) is 5.96. The molecule has 4 nitrogen and oxygen atoms in total. The van der Waals surface area contributed by atoms with Crippen LogP contribution < -0.4 is 9.47 Å². The van der Waals surface area contributed by atoms with E-state index in [9.17, 15) is 4.79 Å². The van der Waals surface area contributed by atoms with E-state index >= 15 is 0 Å². The van der Waals surface area contributed by atoms with Gasteiger partial charge in [0, 0.05) is 0 Å². The van der Waals surface area contributed by atoms with Crippen molar-refractivity contribution < 1.29 is 19.4 Å². The van der Waals surface area contributed by atoms with Crippen LogP contribution in [0, 0.1) is 6.92 Å². The van der Waals surface area contributed by atoms with Crippen LogP contribution >= 0.6 is 15.9 Å². The van der Waals surface area contributed by atoms with Crippen molar-refractivity contribution in [3.05, 3.63) is 52.0 Å². The van der Waals surface area contributed by atoms with E-state index in [0.717, 1.165) is 10.0 Å². The molecule has 0 aromatic heterocycles. The van der Waals surface area contributed by atoms with Gasteiger partial charge in [-0.05, 0) is 58.7 Å². The third-order valence-corrected chi connectivity index (χ3v) is 3.41. The summed E-state index contributed by atoms with van der Waals surface area (Å²) in [7, 11) is 1.59. The van der Waals surface area contributed by atoms with Gasteiger partial charge in [-0.2, -0.15) is 0 Å². The SMILES string of the molecule is COc1ccc(Oc2cc(C(=O)O)ccc2C)c(Br)c1. The number of carboxylic acid groups (broad SMARTS) is 1. The molecule has 2 aromatic carbocycles. The first-order valence-electron chi connectivity index (χ1n) is 5.86. The molecule has 0 amide bonds. The van der Waals surface area contributed by atoms with Gasteiger partial charge in [-0.1, -0.05) is 6.07 Å². The fraction of sp³-hybridized carbons (Fsp3) is 0.133. The molecule has 0 fully saturated rings. The van der Waals surface area contributed by atoms with Crippen LogP contribution in [0.3, 0.4) is 0 Å². The Balaban J connectivity index is 2.34. The van der Waals surface area contributed by atoms with Crippen LogP contribution in [-0.4, -0.2) is 18.2 Å². The molecule has 0 atom stereocenters. The van der Waals surface area contributed by atoms with Crippen LogP contribution in [0.15, 0.2) is 40.9 Å². The van der Waals surface area contributed by atoms with Crippen molar-refractivity contribution in [2.45, 2.75) is 6.92 Å². The minimum Gasteiger partial charge on any atom is -0.497 e. The van der Waals surface area contributed by atoms with Gasteiger partial charge in [0.05, 0.1) is 17.1 Å². The van der Waals surface area contributed by atoms with Crippen molar-refractivity contribution in [1.82, 2.24) is 0 Å². The van der Waals surface area contributed by atoms with Gasteiger partial charge in [0.1, 0.15) is 17.2 Å². The maximum Gasteiger partial charge on any atom is 0.335 e. The number of halogens is 1. The number of aromatic carboxylic acids is 1. The maximum atomic E-state index is 11.0. The molecule has 0 saturated heterocycles. The van der Waals surface area contributed by atoms with E-state index in [-0.39, 0.29) is 5.56 Å². The average Bonchev–Trinajstić information content (AvgIpc) is 2.42. The molecule has 0 aliphatic heterocycles. The fourth-order valence-electron chi connectivity index (χ4n) is 1.65. The van der Waals surface area contributed by atoms with Crippen LogP contribution in [-0.2, 0) is 0 Å². The van der Waals surface area contributed by atoms with E-state index in [0.29, 0.717) is 17.2 Å². The summed E-state index contributed by atoms with van der Waals surface area (Å²) >= 11 is 3.40. The van der Waals surface area contributed by atoms with Crippen LogP contribution in [0.5, 0.6) is 17.2 Å². The number of carbonyl (C=O) groups is 1. The number of carboxylic acids is 1. The lowest BCUT2D eigenvalue weighted by molar-refractivity contribution is 0.0696.